The van der Waals surface area contributed by atoms with E-state index in [-0.39, 0.29) is 28.6 Å². The molecule has 1 aromatic carbocycles. The van der Waals surface area contributed by atoms with Crippen LogP contribution in [0.4, 0.5) is 5.69 Å². The standard InChI is InChI=1S/C10H7Cl2NO4/c11-4-8(12)6-17-10-2-1-7(5-14)3-9(10)13(15)16/h1-5H,6H2. The van der Waals surface area contributed by atoms with E-state index in [1.54, 1.807) is 0 Å². The Balaban J connectivity index is 2.98. The summed E-state index contributed by atoms with van der Waals surface area (Å²) >= 11 is 10.9. The number of carbonyl (C=O) groups excluding carboxylic acids is 1. The molecule has 0 unspecified atom stereocenters. The molecule has 1 aromatic rings. The number of ether oxygens (including phenoxy) is 1. The quantitative estimate of drug-likeness (QED) is 0.470. The van der Waals surface area contributed by atoms with Crippen molar-refractivity contribution in [3.05, 3.63) is 44.4 Å². The average Bonchev–Trinajstić information content (AvgIpc) is 2.35. The van der Waals surface area contributed by atoms with Gasteiger partial charge < -0.3 is 4.74 Å². The molecular formula is C10H7Cl2NO4. The maximum atomic E-state index is 10.7. The summed E-state index contributed by atoms with van der Waals surface area (Å²) in [5.74, 6) is 0.0252. The van der Waals surface area contributed by atoms with Crippen molar-refractivity contribution in [1.29, 1.82) is 0 Å². The second-order valence-electron chi connectivity index (χ2n) is 2.95. The number of aldehydes is 1. The number of rotatable bonds is 5. The van der Waals surface area contributed by atoms with E-state index in [9.17, 15) is 14.9 Å². The van der Waals surface area contributed by atoms with Gasteiger partial charge in [-0.1, -0.05) is 23.2 Å². The molecule has 1 rings (SSSR count). The number of halogens is 2. The van der Waals surface area contributed by atoms with Crippen LogP contribution >= 0.6 is 23.2 Å². The van der Waals surface area contributed by atoms with E-state index < -0.39 is 4.92 Å². The average molecular weight is 276 g/mol. The second kappa shape index (κ2) is 6.22. The second-order valence-corrected chi connectivity index (χ2v) is 3.65. The number of hydrogen-bond acceptors (Lipinski definition) is 4. The molecule has 90 valence electrons. The summed E-state index contributed by atoms with van der Waals surface area (Å²) < 4.78 is 5.11. The lowest BCUT2D eigenvalue weighted by Crippen LogP contribution is -2.01. The van der Waals surface area contributed by atoms with Crippen molar-refractivity contribution in [2.75, 3.05) is 6.61 Å². The molecule has 0 aliphatic carbocycles. The fourth-order valence-corrected chi connectivity index (χ4v) is 1.17. The lowest BCUT2D eigenvalue weighted by molar-refractivity contribution is -0.385. The van der Waals surface area contributed by atoms with Crippen LogP contribution in [-0.2, 0) is 0 Å². The molecule has 7 heteroatoms. The first kappa shape index (κ1) is 13.5. The van der Waals surface area contributed by atoms with Crippen LogP contribution in [0.5, 0.6) is 5.75 Å². The van der Waals surface area contributed by atoms with Crippen molar-refractivity contribution in [3.8, 4) is 5.75 Å². The van der Waals surface area contributed by atoms with E-state index in [0.29, 0.717) is 6.29 Å². The molecule has 0 aromatic heterocycles. The fraction of sp³-hybridized carbons (Fsp3) is 0.100. The van der Waals surface area contributed by atoms with Gasteiger partial charge in [0.2, 0.25) is 0 Å². The molecule has 0 bridgehead atoms. The van der Waals surface area contributed by atoms with Crippen molar-refractivity contribution in [2.45, 2.75) is 0 Å². The highest BCUT2D eigenvalue weighted by Crippen LogP contribution is 2.28. The molecule has 17 heavy (non-hydrogen) atoms. The van der Waals surface area contributed by atoms with Crippen LogP contribution < -0.4 is 4.74 Å². The smallest absolute Gasteiger partial charge is 0.311 e. The SMILES string of the molecule is O=Cc1ccc(OCC(Cl)=CCl)c([N+](=O)[O-])c1. The third-order valence-electron chi connectivity index (χ3n) is 1.80. The highest BCUT2D eigenvalue weighted by molar-refractivity contribution is 6.36. The maximum absolute atomic E-state index is 10.7. The van der Waals surface area contributed by atoms with E-state index in [4.69, 9.17) is 27.9 Å². The minimum atomic E-state index is -0.638. The van der Waals surface area contributed by atoms with E-state index in [0.717, 1.165) is 11.6 Å². The summed E-state index contributed by atoms with van der Waals surface area (Å²) in [7, 11) is 0. The van der Waals surface area contributed by atoms with Crippen molar-refractivity contribution >= 4 is 35.2 Å². The number of hydrogen-bond donors (Lipinski definition) is 0. The van der Waals surface area contributed by atoms with Crippen LogP contribution in [0, 0.1) is 10.1 Å². The molecule has 5 nitrogen and oxygen atoms in total. The van der Waals surface area contributed by atoms with E-state index in [2.05, 4.69) is 0 Å². The largest absolute Gasteiger partial charge is 0.481 e. The van der Waals surface area contributed by atoms with Gasteiger partial charge in [-0.3, -0.25) is 14.9 Å². The van der Waals surface area contributed by atoms with Gasteiger partial charge in [0.25, 0.3) is 0 Å². The molecule has 0 radical (unpaired) electrons. The van der Waals surface area contributed by atoms with Crippen LogP contribution in [-0.4, -0.2) is 17.8 Å². The summed E-state index contributed by atoms with van der Waals surface area (Å²) in [5, 5.41) is 10.9. The Bertz CT molecular complexity index is 473. The normalized spacial score (nSPS) is 11.1. The first-order chi connectivity index (χ1) is 8.08. The molecule has 0 heterocycles. The lowest BCUT2D eigenvalue weighted by Gasteiger charge is -2.05. The maximum Gasteiger partial charge on any atom is 0.311 e. The van der Waals surface area contributed by atoms with Crippen LogP contribution in [0.15, 0.2) is 28.8 Å². The highest BCUT2D eigenvalue weighted by Gasteiger charge is 2.16. The zero-order chi connectivity index (χ0) is 12.8. The van der Waals surface area contributed by atoms with Gasteiger partial charge in [-0.25, -0.2) is 0 Å². The third-order valence-corrected chi connectivity index (χ3v) is 2.39. The Morgan fingerprint density at radius 1 is 1.53 bits per heavy atom. The number of nitrogens with zero attached hydrogens (tertiary/aromatic N) is 1. The van der Waals surface area contributed by atoms with E-state index >= 15 is 0 Å². The summed E-state index contributed by atoms with van der Waals surface area (Å²) in [4.78, 5) is 20.6. The zero-order valence-electron chi connectivity index (χ0n) is 8.43. The molecule has 0 aliphatic rings. The Hall–Kier alpha value is -1.59. The minimum absolute atomic E-state index is 0.0252. The zero-order valence-corrected chi connectivity index (χ0v) is 9.94. The minimum Gasteiger partial charge on any atom is -0.481 e. The van der Waals surface area contributed by atoms with Crippen LogP contribution in [0.1, 0.15) is 10.4 Å². The van der Waals surface area contributed by atoms with Gasteiger partial charge >= 0.3 is 5.69 Å². The summed E-state index contributed by atoms with van der Waals surface area (Å²) in [6.07, 6.45) is 0.516. The van der Waals surface area contributed by atoms with Crippen molar-refractivity contribution in [2.24, 2.45) is 0 Å². The highest BCUT2D eigenvalue weighted by atomic mass is 35.5. The first-order valence-corrected chi connectivity index (χ1v) is 5.21. The number of nitro benzene ring substituents is 1. The van der Waals surface area contributed by atoms with Gasteiger partial charge in [0.05, 0.1) is 9.96 Å². The van der Waals surface area contributed by atoms with Gasteiger partial charge in [-0.2, -0.15) is 0 Å². The fourth-order valence-electron chi connectivity index (χ4n) is 1.05. The van der Waals surface area contributed by atoms with Gasteiger partial charge in [-0.05, 0) is 12.1 Å². The number of nitro groups is 1. The predicted octanol–water partition coefficient (Wildman–Crippen LogP) is 3.11. The Morgan fingerprint density at radius 3 is 2.76 bits per heavy atom. The summed E-state index contributed by atoms with van der Waals surface area (Å²) in [5.41, 5.74) is 1.00. The Morgan fingerprint density at radius 2 is 2.24 bits per heavy atom. The predicted molar refractivity (Wildman–Crippen MR) is 63.8 cm³/mol. The van der Waals surface area contributed by atoms with Gasteiger partial charge in [0.15, 0.2) is 5.75 Å². The van der Waals surface area contributed by atoms with Crippen LogP contribution in [0.25, 0.3) is 0 Å². The number of carbonyl (C=O) groups is 1. The monoisotopic (exact) mass is 275 g/mol. The van der Waals surface area contributed by atoms with E-state index in [1.807, 2.05) is 0 Å². The summed E-state index contributed by atoms with van der Waals surface area (Å²) in [6, 6.07) is 3.87. The van der Waals surface area contributed by atoms with Gasteiger partial charge in [0, 0.05) is 17.2 Å². The molecule has 0 atom stereocenters. The van der Waals surface area contributed by atoms with Crippen molar-refractivity contribution < 1.29 is 14.5 Å². The third kappa shape index (κ3) is 3.72. The molecular weight excluding hydrogens is 269 g/mol. The Kier molecular flexibility index (Phi) is 4.93. The van der Waals surface area contributed by atoms with Crippen molar-refractivity contribution in [3.63, 3.8) is 0 Å². The molecule has 0 amide bonds. The van der Waals surface area contributed by atoms with Crippen LogP contribution in [0.3, 0.4) is 0 Å². The van der Waals surface area contributed by atoms with Crippen molar-refractivity contribution in [1.82, 2.24) is 0 Å². The van der Waals surface area contributed by atoms with Gasteiger partial charge in [-0.15, -0.1) is 0 Å². The summed E-state index contributed by atoms with van der Waals surface area (Å²) in [6.45, 7) is -0.0771. The first-order valence-electron chi connectivity index (χ1n) is 4.39. The molecule has 0 saturated carbocycles. The lowest BCUT2D eigenvalue weighted by atomic mass is 10.2. The number of benzene rings is 1. The molecule has 0 spiro atoms. The topological polar surface area (TPSA) is 69.4 Å². The van der Waals surface area contributed by atoms with Crippen LogP contribution in [0.2, 0.25) is 0 Å². The molecule has 0 fully saturated rings. The molecule has 0 N–H and O–H groups in total. The molecule has 0 aliphatic heterocycles. The van der Waals surface area contributed by atoms with Gasteiger partial charge in [0.1, 0.15) is 12.9 Å². The molecule has 0 saturated heterocycles. The van der Waals surface area contributed by atoms with E-state index in [1.165, 1.54) is 12.1 Å². The Labute approximate surface area is 107 Å².